The molecule has 2 aliphatic heterocycles. The normalized spacial score (nSPS) is 19.2. The highest BCUT2D eigenvalue weighted by molar-refractivity contribution is 5.78. The van der Waals surface area contributed by atoms with E-state index in [1.165, 1.54) is 25.7 Å². The summed E-state index contributed by atoms with van der Waals surface area (Å²) in [6, 6.07) is 10.4. The van der Waals surface area contributed by atoms with Crippen molar-refractivity contribution in [3.05, 3.63) is 42.7 Å². The van der Waals surface area contributed by atoms with Gasteiger partial charge in [-0.15, -0.1) is 0 Å². The van der Waals surface area contributed by atoms with Crippen LogP contribution in [0.3, 0.4) is 0 Å². The summed E-state index contributed by atoms with van der Waals surface area (Å²) in [5.74, 6) is 1.36. The molecular formula is C23H33N5O. The number of hydrogen-bond acceptors (Lipinski definition) is 4. The number of imidazole rings is 1. The van der Waals surface area contributed by atoms with Crippen molar-refractivity contribution in [3.8, 4) is 11.4 Å². The van der Waals surface area contributed by atoms with Crippen LogP contribution < -0.4 is 0 Å². The van der Waals surface area contributed by atoms with Gasteiger partial charge in [-0.05, 0) is 12.8 Å². The molecule has 3 heterocycles. The van der Waals surface area contributed by atoms with Gasteiger partial charge in [0.2, 0.25) is 5.91 Å². The first-order valence-corrected chi connectivity index (χ1v) is 11.1. The van der Waals surface area contributed by atoms with E-state index in [2.05, 4.69) is 54.7 Å². The molecule has 6 nitrogen and oxygen atoms in total. The third kappa shape index (κ3) is 5.46. The Morgan fingerprint density at radius 3 is 2.24 bits per heavy atom. The number of aromatic nitrogens is 2. The Hall–Kier alpha value is -2.18. The van der Waals surface area contributed by atoms with Gasteiger partial charge in [0.25, 0.3) is 0 Å². The van der Waals surface area contributed by atoms with E-state index in [9.17, 15) is 4.79 Å². The number of carbonyl (C=O) groups excluding carboxylic acids is 1. The standard InChI is InChI=1S/C23H33N5O/c29-22(27-11-6-1-2-7-12-27)20-26-16-14-25(15-17-26)18-19-28-13-10-24-23(28)21-8-4-3-5-9-21/h3-5,8-10,13H,1-2,6-7,11-12,14-20H2. The average Bonchev–Trinajstić information content (AvgIpc) is 3.06. The highest BCUT2D eigenvalue weighted by Crippen LogP contribution is 2.17. The molecule has 1 aromatic heterocycles. The zero-order valence-corrected chi connectivity index (χ0v) is 17.4. The minimum absolute atomic E-state index is 0.325. The molecule has 2 aromatic rings. The van der Waals surface area contributed by atoms with E-state index in [4.69, 9.17) is 0 Å². The number of amides is 1. The third-order valence-corrected chi connectivity index (χ3v) is 6.19. The van der Waals surface area contributed by atoms with Gasteiger partial charge < -0.3 is 9.47 Å². The van der Waals surface area contributed by atoms with Crippen molar-refractivity contribution in [2.45, 2.75) is 32.2 Å². The van der Waals surface area contributed by atoms with E-state index in [0.29, 0.717) is 12.5 Å². The molecule has 0 spiro atoms. The summed E-state index contributed by atoms with van der Waals surface area (Å²) < 4.78 is 2.24. The van der Waals surface area contributed by atoms with Gasteiger partial charge in [0.15, 0.2) is 0 Å². The lowest BCUT2D eigenvalue weighted by Gasteiger charge is -2.35. The minimum atomic E-state index is 0.325. The van der Waals surface area contributed by atoms with Crippen LogP contribution in [0, 0.1) is 0 Å². The second-order valence-electron chi connectivity index (χ2n) is 8.22. The molecule has 2 fully saturated rings. The van der Waals surface area contributed by atoms with Gasteiger partial charge >= 0.3 is 0 Å². The first kappa shape index (κ1) is 20.1. The fourth-order valence-electron chi connectivity index (χ4n) is 4.37. The van der Waals surface area contributed by atoms with Gasteiger partial charge in [-0.1, -0.05) is 43.2 Å². The van der Waals surface area contributed by atoms with Crippen molar-refractivity contribution in [3.63, 3.8) is 0 Å². The van der Waals surface area contributed by atoms with Gasteiger partial charge in [0.05, 0.1) is 6.54 Å². The molecule has 0 unspecified atom stereocenters. The number of likely N-dealkylation sites (tertiary alicyclic amines) is 1. The first-order valence-electron chi connectivity index (χ1n) is 11.1. The van der Waals surface area contributed by atoms with Crippen molar-refractivity contribution in [1.29, 1.82) is 0 Å². The maximum atomic E-state index is 12.6. The van der Waals surface area contributed by atoms with Crippen LogP contribution in [0.25, 0.3) is 11.4 Å². The number of piperazine rings is 1. The monoisotopic (exact) mass is 395 g/mol. The molecule has 6 heteroatoms. The Labute approximate surface area is 174 Å². The Balaban J connectivity index is 1.22. The van der Waals surface area contributed by atoms with Gasteiger partial charge in [-0.2, -0.15) is 0 Å². The third-order valence-electron chi connectivity index (χ3n) is 6.19. The van der Waals surface area contributed by atoms with Gasteiger partial charge in [0, 0.05) is 70.3 Å². The largest absolute Gasteiger partial charge is 0.342 e. The molecule has 2 saturated heterocycles. The molecule has 0 radical (unpaired) electrons. The summed E-state index contributed by atoms with van der Waals surface area (Å²) in [5, 5.41) is 0. The summed E-state index contributed by atoms with van der Waals surface area (Å²) in [5.41, 5.74) is 1.16. The minimum Gasteiger partial charge on any atom is -0.342 e. The lowest BCUT2D eigenvalue weighted by atomic mass is 10.2. The zero-order chi connectivity index (χ0) is 19.9. The molecule has 0 bridgehead atoms. The van der Waals surface area contributed by atoms with Crippen LogP contribution in [-0.4, -0.2) is 82.5 Å². The average molecular weight is 396 g/mol. The zero-order valence-electron chi connectivity index (χ0n) is 17.4. The number of rotatable bonds is 6. The van der Waals surface area contributed by atoms with Crippen molar-refractivity contribution < 1.29 is 4.79 Å². The second kappa shape index (κ2) is 10.0. The molecule has 4 rings (SSSR count). The maximum Gasteiger partial charge on any atom is 0.236 e. The topological polar surface area (TPSA) is 44.6 Å². The quantitative estimate of drug-likeness (QED) is 0.754. The number of carbonyl (C=O) groups is 1. The lowest BCUT2D eigenvalue weighted by molar-refractivity contribution is -0.132. The molecule has 29 heavy (non-hydrogen) atoms. The van der Waals surface area contributed by atoms with E-state index >= 15 is 0 Å². The first-order chi connectivity index (χ1) is 14.3. The van der Waals surface area contributed by atoms with Crippen molar-refractivity contribution in [1.82, 2.24) is 24.3 Å². The second-order valence-corrected chi connectivity index (χ2v) is 8.22. The van der Waals surface area contributed by atoms with E-state index in [1.54, 1.807) is 0 Å². The van der Waals surface area contributed by atoms with E-state index < -0.39 is 0 Å². The Bertz CT molecular complexity index is 759. The fourth-order valence-corrected chi connectivity index (χ4v) is 4.37. The predicted molar refractivity (Wildman–Crippen MR) is 116 cm³/mol. The van der Waals surface area contributed by atoms with Crippen LogP contribution in [0.1, 0.15) is 25.7 Å². The molecule has 1 aromatic carbocycles. The summed E-state index contributed by atoms with van der Waals surface area (Å²) in [6.07, 6.45) is 8.82. The lowest BCUT2D eigenvalue weighted by Crippen LogP contribution is -2.50. The summed E-state index contributed by atoms with van der Waals surface area (Å²) in [4.78, 5) is 24.1. The van der Waals surface area contributed by atoms with Crippen LogP contribution in [0.15, 0.2) is 42.7 Å². The summed E-state index contributed by atoms with van der Waals surface area (Å²) in [7, 11) is 0. The van der Waals surface area contributed by atoms with E-state index in [0.717, 1.165) is 63.7 Å². The van der Waals surface area contributed by atoms with Crippen LogP contribution in [0.5, 0.6) is 0 Å². The smallest absolute Gasteiger partial charge is 0.236 e. The van der Waals surface area contributed by atoms with Crippen LogP contribution in [0.2, 0.25) is 0 Å². The van der Waals surface area contributed by atoms with Crippen molar-refractivity contribution >= 4 is 5.91 Å². The van der Waals surface area contributed by atoms with Crippen LogP contribution >= 0.6 is 0 Å². The molecule has 1 amide bonds. The van der Waals surface area contributed by atoms with E-state index in [-0.39, 0.29) is 0 Å². The molecule has 0 saturated carbocycles. The summed E-state index contributed by atoms with van der Waals surface area (Å²) in [6.45, 7) is 8.48. The molecule has 0 aliphatic carbocycles. The fraction of sp³-hybridized carbons (Fsp3) is 0.565. The number of hydrogen-bond donors (Lipinski definition) is 0. The van der Waals surface area contributed by atoms with Crippen molar-refractivity contribution in [2.24, 2.45) is 0 Å². The predicted octanol–water partition coefficient (Wildman–Crippen LogP) is 2.57. The number of benzene rings is 1. The van der Waals surface area contributed by atoms with Gasteiger partial charge in [-0.25, -0.2) is 4.98 Å². The Morgan fingerprint density at radius 2 is 1.52 bits per heavy atom. The Morgan fingerprint density at radius 1 is 0.828 bits per heavy atom. The SMILES string of the molecule is O=C(CN1CCN(CCn2ccnc2-c2ccccc2)CC1)N1CCCCCC1. The van der Waals surface area contributed by atoms with Crippen LogP contribution in [-0.2, 0) is 11.3 Å². The maximum absolute atomic E-state index is 12.6. The highest BCUT2D eigenvalue weighted by atomic mass is 16.2. The Kier molecular flexibility index (Phi) is 6.96. The molecular weight excluding hydrogens is 362 g/mol. The summed E-state index contributed by atoms with van der Waals surface area (Å²) >= 11 is 0. The van der Waals surface area contributed by atoms with Gasteiger partial charge in [0.1, 0.15) is 5.82 Å². The van der Waals surface area contributed by atoms with Crippen LogP contribution in [0.4, 0.5) is 0 Å². The highest BCUT2D eigenvalue weighted by Gasteiger charge is 2.22. The van der Waals surface area contributed by atoms with Gasteiger partial charge in [-0.3, -0.25) is 14.6 Å². The molecule has 0 N–H and O–H groups in total. The molecule has 0 atom stereocenters. The molecule has 156 valence electrons. The van der Waals surface area contributed by atoms with E-state index in [1.807, 2.05) is 12.3 Å². The van der Waals surface area contributed by atoms with Crippen molar-refractivity contribution in [2.75, 3.05) is 52.4 Å². The number of nitrogens with zero attached hydrogens (tertiary/aromatic N) is 5. The molecule has 2 aliphatic rings.